The lowest BCUT2D eigenvalue weighted by atomic mass is 9.67. The van der Waals surface area contributed by atoms with E-state index < -0.39 is 0 Å². The molecule has 0 spiro atoms. The first kappa shape index (κ1) is 12.3. The number of fused-ring (bicyclic) bond motifs is 1. The van der Waals surface area contributed by atoms with Crippen molar-refractivity contribution in [2.45, 2.75) is 32.6 Å². The SMILES string of the molecule is CCC1(CNC(=O)c2cccc3cc[nH]c23)CCC1. The molecule has 1 amide bonds. The number of rotatable bonds is 4. The molecule has 1 aromatic carbocycles. The van der Waals surface area contributed by atoms with Crippen LogP contribution in [0.25, 0.3) is 10.9 Å². The highest BCUT2D eigenvalue weighted by Crippen LogP contribution is 2.43. The van der Waals surface area contributed by atoms with E-state index in [1.165, 1.54) is 19.3 Å². The van der Waals surface area contributed by atoms with Gasteiger partial charge < -0.3 is 10.3 Å². The van der Waals surface area contributed by atoms with Crippen molar-refractivity contribution in [3.8, 4) is 0 Å². The van der Waals surface area contributed by atoms with Gasteiger partial charge in [0.2, 0.25) is 0 Å². The summed E-state index contributed by atoms with van der Waals surface area (Å²) in [6.07, 6.45) is 6.82. The third kappa shape index (κ3) is 2.14. The molecule has 0 bridgehead atoms. The lowest BCUT2D eigenvalue weighted by molar-refractivity contribution is 0.0851. The molecule has 2 aromatic rings. The number of nitrogens with one attached hydrogen (secondary N) is 2. The maximum atomic E-state index is 12.3. The number of amides is 1. The molecular weight excluding hydrogens is 236 g/mol. The average molecular weight is 256 g/mol. The second-order valence-corrected chi connectivity index (χ2v) is 5.64. The van der Waals surface area contributed by atoms with Gasteiger partial charge in [-0.1, -0.05) is 25.5 Å². The smallest absolute Gasteiger partial charge is 0.253 e. The Labute approximate surface area is 113 Å². The molecule has 3 nitrogen and oxygen atoms in total. The summed E-state index contributed by atoms with van der Waals surface area (Å²) < 4.78 is 0. The Morgan fingerprint density at radius 3 is 2.89 bits per heavy atom. The van der Waals surface area contributed by atoms with Crippen LogP contribution >= 0.6 is 0 Å². The number of benzene rings is 1. The standard InChI is InChI=1S/C16H20N2O/c1-2-16(8-4-9-16)11-18-15(19)13-6-3-5-12-7-10-17-14(12)13/h3,5-7,10,17H,2,4,8-9,11H2,1H3,(H,18,19). The van der Waals surface area contributed by atoms with E-state index in [9.17, 15) is 4.79 Å². The molecule has 0 unspecified atom stereocenters. The van der Waals surface area contributed by atoms with Crippen molar-refractivity contribution in [2.24, 2.45) is 5.41 Å². The number of carbonyl (C=O) groups excluding carboxylic acids is 1. The van der Waals surface area contributed by atoms with Gasteiger partial charge in [-0.25, -0.2) is 0 Å². The molecule has 0 radical (unpaired) electrons. The molecule has 3 heteroatoms. The number of carbonyl (C=O) groups is 1. The van der Waals surface area contributed by atoms with Crippen molar-refractivity contribution in [3.63, 3.8) is 0 Å². The zero-order valence-corrected chi connectivity index (χ0v) is 11.3. The number of H-pyrrole nitrogens is 1. The Hall–Kier alpha value is -1.77. The number of aromatic amines is 1. The van der Waals surface area contributed by atoms with Gasteiger partial charge in [-0.2, -0.15) is 0 Å². The fourth-order valence-corrected chi connectivity index (χ4v) is 2.97. The first-order chi connectivity index (χ1) is 9.24. The van der Waals surface area contributed by atoms with Crippen molar-refractivity contribution in [1.29, 1.82) is 0 Å². The summed E-state index contributed by atoms with van der Waals surface area (Å²) in [6, 6.07) is 7.82. The summed E-state index contributed by atoms with van der Waals surface area (Å²) >= 11 is 0. The highest BCUT2D eigenvalue weighted by atomic mass is 16.1. The zero-order valence-electron chi connectivity index (χ0n) is 11.3. The van der Waals surface area contributed by atoms with Gasteiger partial charge in [-0.3, -0.25) is 4.79 Å². The third-order valence-electron chi connectivity index (χ3n) is 4.62. The molecular formula is C16H20N2O. The zero-order chi connectivity index (χ0) is 13.3. The van der Waals surface area contributed by atoms with Crippen LogP contribution in [0.2, 0.25) is 0 Å². The summed E-state index contributed by atoms with van der Waals surface area (Å²) in [6.45, 7) is 3.02. The Morgan fingerprint density at radius 2 is 2.21 bits per heavy atom. The normalized spacial score (nSPS) is 17.1. The maximum absolute atomic E-state index is 12.3. The minimum Gasteiger partial charge on any atom is -0.361 e. The average Bonchev–Trinajstić information content (AvgIpc) is 2.85. The van der Waals surface area contributed by atoms with E-state index >= 15 is 0 Å². The molecule has 3 rings (SSSR count). The van der Waals surface area contributed by atoms with Crippen molar-refractivity contribution in [3.05, 3.63) is 36.0 Å². The number of aromatic nitrogens is 1. The van der Waals surface area contributed by atoms with E-state index in [1.54, 1.807) is 0 Å². The topological polar surface area (TPSA) is 44.9 Å². The second kappa shape index (κ2) is 4.72. The molecule has 0 saturated heterocycles. The Kier molecular flexibility index (Phi) is 3.05. The van der Waals surface area contributed by atoms with Crippen LogP contribution in [0.15, 0.2) is 30.5 Å². The van der Waals surface area contributed by atoms with E-state index in [4.69, 9.17) is 0 Å². The molecule has 1 heterocycles. The first-order valence-electron chi connectivity index (χ1n) is 7.08. The Balaban J connectivity index is 1.75. The van der Waals surface area contributed by atoms with Crippen molar-refractivity contribution >= 4 is 16.8 Å². The number of hydrogen-bond donors (Lipinski definition) is 2. The molecule has 19 heavy (non-hydrogen) atoms. The van der Waals surface area contributed by atoms with Crippen LogP contribution in [-0.4, -0.2) is 17.4 Å². The Bertz CT molecular complexity index is 590. The summed E-state index contributed by atoms with van der Waals surface area (Å²) in [7, 11) is 0. The van der Waals surface area contributed by atoms with Crippen LogP contribution < -0.4 is 5.32 Å². The van der Waals surface area contributed by atoms with E-state index in [-0.39, 0.29) is 5.91 Å². The van der Waals surface area contributed by atoms with E-state index in [1.807, 2.05) is 30.5 Å². The predicted octanol–water partition coefficient (Wildman–Crippen LogP) is 3.48. The molecule has 1 fully saturated rings. The van der Waals surface area contributed by atoms with Crippen LogP contribution in [0.1, 0.15) is 43.0 Å². The highest BCUT2D eigenvalue weighted by molar-refractivity contribution is 6.05. The molecule has 1 aromatic heterocycles. The summed E-state index contributed by atoms with van der Waals surface area (Å²) in [5.74, 6) is 0.0350. The molecule has 1 aliphatic carbocycles. The minimum atomic E-state index is 0.0350. The van der Waals surface area contributed by atoms with E-state index in [0.717, 1.165) is 29.4 Å². The van der Waals surface area contributed by atoms with Crippen LogP contribution in [0.4, 0.5) is 0 Å². The Morgan fingerprint density at radius 1 is 1.37 bits per heavy atom. The predicted molar refractivity (Wildman–Crippen MR) is 77.2 cm³/mol. The molecule has 0 aliphatic heterocycles. The molecule has 1 saturated carbocycles. The van der Waals surface area contributed by atoms with Gasteiger partial charge >= 0.3 is 0 Å². The molecule has 1 aliphatic rings. The summed E-state index contributed by atoms with van der Waals surface area (Å²) in [4.78, 5) is 15.5. The van der Waals surface area contributed by atoms with Crippen molar-refractivity contribution < 1.29 is 4.79 Å². The molecule has 2 N–H and O–H groups in total. The summed E-state index contributed by atoms with van der Waals surface area (Å²) in [5.41, 5.74) is 2.03. The van der Waals surface area contributed by atoms with E-state index in [0.29, 0.717) is 5.41 Å². The van der Waals surface area contributed by atoms with Gasteiger partial charge in [-0.05, 0) is 36.8 Å². The van der Waals surface area contributed by atoms with Crippen LogP contribution in [0.3, 0.4) is 0 Å². The van der Waals surface area contributed by atoms with Crippen molar-refractivity contribution in [2.75, 3.05) is 6.54 Å². The van der Waals surface area contributed by atoms with Gasteiger partial charge in [0.1, 0.15) is 0 Å². The quantitative estimate of drug-likeness (QED) is 0.864. The largest absolute Gasteiger partial charge is 0.361 e. The molecule has 100 valence electrons. The fourth-order valence-electron chi connectivity index (χ4n) is 2.97. The lowest BCUT2D eigenvalue weighted by Gasteiger charge is -2.41. The van der Waals surface area contributed by atoms with Crippen LogP contribution in [0, 0.1) is 5.41 Å². The third-order valence-corrected chi connectivity index (χ3v) is 4.62. The van der Waals surface area contributed by atoms with Crippen LogP contribution in [-0.2, 0) is 0 Å². The second-order valence-electron chi connectivity index (χ2n) is 5.64. The lowest BCUT2D eigenvalue weighted by Crippen LogP contribution is -2.41. The monoisotopic (exact) mass is 256 g/mol. The van der Waals surface area contributed by atoms with Crippen molar-refractivity contribution in [1.82, 2.24) is 10.3 Å². The summed E-state index contributed by atoms with van der Waals surface area (Å²) in [5, 5.41) is 4.20. The number of hydrogen-bond acceptors (Lipinski definition) is 1. The maximum Gasteiger partial charge on any atom is 0.253 e. The minimum absolute atomic E-state index is 0.0350. The molecule has 0 atom stereocenters. The van der Waals surface area contributed by atoms with Gasteiger partial charge in [0.05, 0.1) is 11.1 Å². The fraction of sp³-hybridized carbons (Fsp3) is 0.438. The van der Waals surface area contributed by atoms with Gasteiger partial charge in [0, 0.05) is 18.1 Å². The number of para-hydroxylation sites is 1. The van der Waals surface area contributed by atoms with Gasteiger partial charge in [0.15, 0.2) is 0 Å². The van der Waals surface area contributed by atoms with Crippen LogP contribution in [0.5, 0.6) is 0 Å². The van der Waals surface area contributed by atoms with Gasteiger partial charge in [0.25, 0.3) is 5.91 Å². The highest BCUT2D eigenvalue weighted by Gasteiger charge is 2.35. The van der Waals surface area contributed by atoms with E-state index in [2.05, 4.69) is 17.2 Å². The van der Waals surface area contributed by atoms with Gasteiger partial charge in [-0.15, -0.1) is 0 Å². The first-order valence-corrected chi connectivity index (χ1v) is 7.08.